The molecule has 2 aromatic heterocycles. The third kappa shape index (κ3) is 1.32. The van der Waals surface area contributed by atoms with Crippen LogP contribution in [0.3, 0.4) is 0 Å². The Labute approximate surface area is 129 Å². The van der Waals surface area contributed by atoms with E-state index in [2.05, 4.69) is 4.98 Å². The molecule has 0 aliphatic heterocycles. The Hall–Kier alpha value is -2.65. The normalized spacial score (nSPS) is 12.0. The molecule has 5 aromatic rings. The summed E-state index contributed by atoms with van der Waals surface area (Å²) >= 11 is 6.30. The fourth-order valence-corrected chi connectivity index (χ4v) is 3.49. The lowest BCUT2D eigenvalue weighted by molar-refractivity contribution is 1.19. The number of rotatable bonds is 0. The molecule has 0 amide bonds. The van der Waals surface area contributed by atoms with Crippen molar-refractivity contribution in [2.24, 2.45) is 0 Å². The van der Waals surface area contributed by atoms with Crippen LogP contribution in [0.25, 0.3) is 38.2 Å². The minimum atomic E-state index is -0.0518. The summed E-state index contributed by atoms with van der Waals surface area (Å²) in [5.74, 6) is 0. The first kappa shape index (κ1) is 12.0. The predicted molar refractivity (Wildman–Crippen MR) is 90.2 cm³/mol. The van der Waals surface area contributed by atoms with E-state index < -0.39 is 0 Å². The second-order valence-corrected chi connectivity index (χ2v) is 5.79. The highest BCUT2D eigenvalue weighted by atomic mass is 35.5. The van der Waals surface area contributed by atoms with Gasteiger partial charge < -0.3 is 0 Å². The van der Waals surface area contributed by atoms with Crippen LogP contribution < -0.4 is 5.56 Å². The maximum Gasteiger partial charge on any atom is 0.264 e. The maximum absolute atomic E-state index is 13.0. The molecule has 104 valence electrons. The first-order valence-corrected chi connectivity index (χ1v) is 7.37. The molecule has 0 bridgehead atoms. The molecule has 0 aliphatic rings. The van der Waals surface area contributed by atoms with E-state index in [4.69, 9.17) is 11.6 Å². The van der Waals surface area contributed by atoms with Crippen LogP contribution in [0, 0.1) is 0 Å². The lowest BCUT2D eigenvalue weighted by Gasteiger charge is -2.08. The number of benzene rings is 3. The standard InChI is InChI=1S/C18H9ClN2O/c19-13-9-8-11-16-10(13)4-3-5-12(16)18(22)21-15-7-2-1-6-14(15)20-17(11)21/h1-9H. The first-order chi connectivity index (χ1) is 10.8. The number of imidazole rings is 1. The van der Waals surface area contributed by atoms with Gasteiger partial charge in [-0.05, 0) is 30.3 Å². The van der Waals surface area contributed by atoms with Crippen LogP contribution in [-0.4, -0.2) is 9.38 Å². The minimum absolute atomic E-state index is 0.0518. The zero-order valence-electron chi connectivity index (χ0n) is 11.4. The Bertz CT molecular complexity index is 1260. The molecule has 0 N–H and O–H groups in total. The number of pyridine rings is 1. The van der Waals surface area contributed by atoms with E-state index in [0.717, 1.165) is 27.2 Å². The number of para-hydroxylation sites is 2. The van der Waals surface area contributed by atoms with Gasteiger partial charge in [0.25, 0.3) is 5.56 Å². The summed E-state index contributed by atoms with van der Waals surface area (Å²) in [6.07, 6.45) is 0. The largest absolute Gasteiger partial charge is 0.268 e. The lowest BCUT2D eigenvalue weighted by atomic mass is 10.0. The Morgan fingerprint density at radius 2 is 1.68 bits per heavy atom. The van der Waals surface area contributed by atoms with Crippen molar-refractivity contribution in [3.05, 3.63) is 70.0 Å². The van der Waals surface area contributed by atoms with Crippen LogP contribution in [0.5, 0.6) is 0 Å². The maximum atomic E-state index is 13.0. The van der Waals surface area contributed by atoms with Crippen LogP contribution in [0.4, 0.5) is 0 Å². The number of hydrogen-bond acceptors (Lipinski definition) is 2. The van der Waals surface area contributed by atoms with Gasteiger partial charge in [-0.3, -0.25) is 9.20 Å². The molecule has 0 saturated carbocycles. The first-order valence-electron chi connectivity index (χ1n) is 6.99. The molecule has 0 spiro atoms. The second-order valence-electron chi connectivity index (χ2n) is 5.39. The molecule has 0 atom stereocenters. The lowest BCUT2D eigenvalue weighted by Crippen LogP contribution is -2.13. The molecule has 0 fully saturated rings. The van der Waals surface area contributed by atoms with E-state index in [1.54, 1.807) is 4.40 Å². The van der Waals surface area contributed by atoms with Crippen LogP contribution in [0.1, 0.15) is 0 Å². The van der Waals surface area contributed by atoms with Gasteiger partial charge in [-0.2, -0.15) is 0 Å². The molecule has 0 radical (unpaired) electrons. The van der Waals surface area contributed by atoms with Gasteiger partial charge in [0.05, 0.1) is 11.0 Å². The molecule has 3 nitrogen and oxygen atoms in total. The van der Waals surface area contributed by atoms with E-state index in [1.165, 1.54) is 0 Å². The van der Waals surface area contributed by atoms with E-state index in [0.29, 0.717) is 16.1 Å². The van der Waals surface area contributed by atoms with Crippen molar-refractivity contribution < 1.29 is 0 Å². The zero-order valence-corrected chi connectivity index (χ0v) is 12.1. The fraction of sp³-hybridized carbons (Fsp3) is 0. The summed E-state index contributed by atoms with van der Waals surface area (Å²) in [5.41, 5.74) is 2.29. The molecule has 2 heterocycles. The van der Waals surface area contributed by atoms with E-state index in [-0.39, 0.29) is 5.56 Å². The SMILES string of the molecule is O=c1c2cccc3c(Cl)ccc(c32)c2nc3ccccc3n12. The Balaban J connectivity index is 2.25. The smallest absolute Gasteiger partial charge is 0.264 e. The third-order valence-corrected chi connectivity index (χ3v) is 4.55. The molecule has 3 aromatic carbocycles. The van der Waals surface area contributed by atoms with Crippen molar-refractivity contribution in [2.75, 3.05) is 0 Å². The molecule has 5 rings (SSSR count). The zero-order chi connectivity index (χ0) is 14.8. The van der Waals surface area contributed by atoms with Gasteiger partial charge in [0.1, 0.15) is 5.65 Å². The number of nitrogens with zero attached hydrogens (tertiary/aromatic N) is 2. The van der Waals surface area contributed by atoms with Crippen LogP contribution in [0.15, 0.2) is 59.4 Å². The number of hydrogen-bond donors (Lipinski definition) is 0. The monoisotopic (exact) mass is 304 g/mol. The predicted octanol–water partition coefficient (Wildman–Crippen LogP) is 4.25. The summed E-state index contributed by atoms with van der Waals surface area (Å²) < 4.78 is 1.69. The summed E-state index contributed by atoms with van der Waals surface area (Å²) in [7, 11) is 0. The van der Waals surface area contributed by atoms with Crippen molar-refractivity contribution in [1.29, 1.82) is 0 Å². The van der Waals surface area contributed by atoms with E-state index >= 15 is 0 Å². The highest BCUT2D eigenvalue weighted by Gasteiger charge is 2.16. The van der Waals surface area contributed by atoms with Crippen molar-refractivity contribution >= 4 is 49.8 Å². The van der Waals surface area contributed by atoms with Gasteiger partial charge in [0.15, 0.2) is 0 Å². The minimum Gasteiger partial charge on any atom is -0.268 e. The van der Waals surface area contributed by atoms with Crippen molar-refractivity contribution in [3.63, 3.8) is 0 Å². The molecule has 0 unspecified atom stereocenters. The van der Waals surface area contributed by atoms with Crippen LogP contribution in [-0.2, 0) is 0 Å². The van der Waals surface area contributed by atoms with E-state index in [1.807, 2.05) is 54.6 Å². The summed E-state index contributed by atoms with van der Waals surface area (Å²) in [6.45, 7) is 0. The molecular weight excluding hydrogens is 296 g/mol. The van der Waals surface area contributed by atoms with Crippen molar-refractivity contribution in [1.82, 2.24) is 9.38 Å². The number of fused-ring (bicyclic) bond motifs is 4. The van der Waals surface area contributed by atoms with Gasteiger partial charge >= 0.3 is 0 Å². The van der Waals surface area contributed by atoms with Gasteiger partial charge in [0, 0.05) is 26.6 Å². The number of aromatic nitrogens is 2. The van der Waals surface area contributed by atoms with Gasteiger partial charge in [0.2, 0.25) is 0 Å². The Morgan fingerprint density at radius 3 is 2.59 bits per heavy atom. The highest BCUT2D eigenvalue weighted by molar-refractivity contribution is 6.37. The third-order valence-electron chi connectivity index (χ3n) is 4.22. The van der Waals surface area contributed by atoms with Crippen molar-refractivity contribution in [3.8, 4) is 0 Å². The molecule has 4 heteroatoms. The van der Waals surface area contributed by atoms with Gasteiger partial charge in [-0.25, -0.2) is 4.98 Å². The average Bonchev–Trinajstić information content (AvgIpc) is 2.93. The summed E-state index contributed by atoms with van der Waals surface area (Å²) in [4.78, 5) is 17.6. The Morgan fingerprint density at radius 1 is 0.864 bits per heavy atom. The molecule has 22 heavy (non-hydrogen) atoms. The fourth-order valence-electron chi connectivity index (χ4n) is 3.27. The number of halogens is 1. The average molecular weight is 305 g/mol. The van der Waals surface area contributed by atoms with Crippen LogP contribution >= 0.6 is 11.6 Å². The molecule has 0 saturated heterocycles. The quantitative estimate of drug-likeness (QED) is 0.429. The highest BCUT2D eigenvalue weighted by Crippen LogP contribution is 2.33. The summed E-state index contributed by atoms with van der Waals surface area (Å²) in [6, 6.07) is 17.2. The van der Waals surface area contributed by atoms with Gasteiger partial charge in [-0.15, -0.1) is 0 Å². The molecule has 0 aliphatic carbocycles. The van der Waals surface area contributed by atoms with Gasteiger partial charge in [-0.1, -0.05) is 35.9 Å². The molecular formula is C18H9ClN2O. The topological polar surface area (TPSA) is 34.4 Å². The second kappa shape index (κ2) is 3.96. The van der Waals surface area contributed by atoms with Crippen LogP contribution in [0.2, 0.25) is 5.02 Å². The van der Waals surface area contributed by atoms with E-state index in [9.17, 15) is 4.79 Å². The Kier molecular flexibility index (Phi) is 2.15. The van der Waals surface area contributed by atoms with Crippen molar-refractivity contribution in [2.45, 2.75) is 0 Å². The summed E-state index contributed by atoms with van der Waals surface area (Å²) in [5, 5.41) is 4.06.